The van der Waals surface area contributed by atoms with E-state index in [4.69, 9.17) is 9.72 Å². The van der Waals surface area contributed by atoms with Crippen LogP contribution in [0.1, 0.15) is 44.7 Å². The number of rotatable bonds is 6. The molecule has 1 aromatic heterocycles. The average Bonchev–Trinajstić information content (AvgIpc) is 2.72. The van der Waals surface area contributed by atoms with E-state index in [0.717, 1.165) is 45.6 Å². The first-order chi connectivity index (χ1) is 10.1. The van der Waals surface area contributed by atoms with Gasteiger partial charge in [-0.1, -0.05) is 20.8 Å². The van der Waals surface area contributed by atoms with Crippen molar-refractivity contribution in [1.29, 1.82) is 0 Å². The lowest BCUT2D eigenvalue weighted by Crippen LogP contribution is -2.29. The summed E-state index contributed by atoms with van der Waals surface area (Å²) in [6, 6.07) is 0. The number of hydrogen-bond acceptors (Lipinski definition) is 5. The minimum atomic E-state index is 0.295. The summed E-state index contributed by atoms with van der Waals surface area (Å²) in [6.45, 7) is 13.7. The Balaban J connectivity index is 2.04. The van der Waals surface area contributed by atoms with Gasteiger partial charge in [0.05, 0.1) is 11.8 Å². The number of nitrogens with zero attached hydrogens (tertiary/aromatic N) is 2. The van der Waals surface area contributed by atoms with Gasteiger partial charge in [-0.3, -0.25) is 0 Å². The second kappa shape index (κ2) is 8.11. The highest BCUT2D eigenvalue weighted by molar-refractivity contribution is 7.15. The van der Waals surface area contributed by atoms with Gasteiger partial charge in [0.2, 0.25) is 0 Å². The van der Waals surface area contributed by atoms with Gasteiger partial charge < -0.3 is 15.0 Å². The van der Waals surface area contributed by atoms with E-state index in [-0.39, 0.29) is 0 Å². The second-order valence-electron chi connectivity index (χ2n) is 6.23. The molecule has 1 aromatic rings. The summed E-state index contributed by atoms with van der Waals surface area (Å²) in [6.07, 6.45) is 2.39. The highest BCUT2D eigenvalue weighted by Crippen LogP contribution is 2.28. The van der Waals surface area contributed by atoms with Gasteiger partial charge in [0.1, 0.15) is 0 Å². The third-order valence-electron chi connectivity index (χ3n) is 3.66. The normalized spacial score (nSPS) is 20.0. The Kier molecular flexibility index (Phi) is 6.45. The van der Waals surface area contributed by atoms with E-state index in [1.54, 1.807) is 0 Å². The van der Waals surface area contributed by atoms with Gasteiger partial charge in [-0.15, -0.1) is 11.3 Å². The number of thiazole rings is 1. The number of aromatic nitrogens is 1. The summed E-state index contributed by atoms with van der Waals surface area (Å²) in [4.78, 5) is 8.67. The lowest BCUT2D eigenvalue weighted by molar-refractivity contribution is 0.0821. The standard InChI is InChI=1S/C16H29N3OS/c1-5-14-15(10-17-9-12(2)3)21-16(18-14)19-7-6-8-20-13(4)11-19/h12-13,17H,5-11H2,1-4H3. The average molecular weight is 311 g/mol. The van der Waals surface area contributed by atoms with E-state index >= 15 is 0 Å². The predicted molar refractivity (Wildman–Crippen MR) is 90.3 cm³/mol. The molecule has 1 fully saturated rings. The molecule has 0 aromatic carbocycles. The maximum atomic E-state index is 5.73. The van der Waals surface area contributed by atoms with Gasteiger partial charge in [0, 0.05) is 31.1 Å². The van der Waals surface area contributed by atoms with E-state index < -0.39 is 0 Å². The van der Waals surface area contributed by atoms with Gasteiger partial charge in [-0.05, 0) is 32.2 Å². The van der Waals surface area contributed by atoms with Crippen LogP contribution in [0.2, 0.25) is 0 Å². The highest BCUT2D eigenvalue weighted by Gasteiger charge is 2.20. The van der Waals surface area contributed by atoms with Crippen molar-refractivity contribution in [3.05, 3.63) is 10.6 Å². The monoisotopic (exact) mass is 311 g/mol. The van der Waals surface area contributed by atoms with Gasteiger partial charge in [0.15, 0.2) is 5.13 Å². The van der Waals surface area contributed by atoms with Crippen LogP contribution in [0.4, 0.5) is 5.13 Å². The van der Waals surface area contributed by atoms with Crippen molar-refractivity contribution >= 4 is 16.5 Å². The summed E-state index contributed by atoms with van der Waals surface area (Å²) in [5, 5.41) is 4.71. The fourth-order valence-electron chi connectivity index (χ4n) is 2.56. The van der Waals surface area contributed by atoms with E-state index in [1.807, 2.05) is 11.3 Å². The SMILES string of the molecule is CCc1nc(N2CCCOC(C)C2)sc1CNCC(C)C. The molecule has 21 heavy (non-hydrogen) atoms. The molecule has 1 unspecified atom stereocenters. The molecule has 0 saturated carbocycles. The molecule has 0 radical (unpaired) electrons. The third-order valence-corrected chi connectivity index (χ3v) is 4.82. The molecule has 0 spiro atoms. The Hall–Kier alpha value is -0.650. The van der Waals surface area contributed by atoms with Crippen LogP contribution in [0.25, 0.3) is 0 Å². The van der Waals surface area contributed by atoms with Crippen molar-refractivity contribution in [3.63, 3.8) is 0 Å². The molecule has 4 nitrogen and oxygen atoms in total. The van der Waals surface area contributed by atoms with Crippen molar-refractivity contribution in [2.45, 2.75) is 53.2 Å². The maximum absolute atomic E-state index is 5.73. The van der Waals surface area contributed by atoms with Crippen LogP contribution in [-0.4, -0.2) is 37.3 Å². The summed E-state index contributed by atoms with van der Waals surface area (Å²) < 4.78 is 5.73. The molecule has 2 heterocycles. The van der Waals surface area contributed by atoms with Crippen molar-refractivity contribution in [3.8, 4) is 0 Å². The van der Waals surface area contributed by atoms with Crippen molar-refractivity contribution < 1.29 is 4.74 Å². The number of nitrogens with one attached hydrogen (secondary N) is 1. The summed E-state index contributed by atoms with van der Waals surface area (Å²) >= 11 is 1.85. The van der Waals surface area contributed by atoms with Crippen molar-refractivity contribution in [2.75, 3.05) is 31.1 Å². The first-order valence-electron chi connectivity index (χ1n) is 8.16. The second-order valence-corrected chi connectivity index (χ2v) is 7.29. The Bertz CT molecular complexity index is 433. The molecular formula is C16H29N3OS. The molecule has 1 saturated heterocycles. The first kappa shape index (κ1) is 16.7. The van der Waals surface area contributed by atoms with Crippen LogP contribution in [0, 0.1) is 5.92 Å². The first-order valence-corrected chi connectivity index (χ1v) is 8.97. The van der Waals surface area contributed by atoms with Crippen molar-refractivity contribution in [1.82, 2.24) is 10.3 Å². The molecule has 2 rings (SSSR count). The summed E-state index contributed by atoms with van der Waals surface area (Å²) in [5.41, 5.74) is 1.25. The summed E-state index contributed by atoms with van der Waals surface area (Å²) in [5.74, 6) is 0.686. The Labute approximate surface area is 132 Å². The fourth-order valence-corrected chi connectivity index (χ4v) is 3.71. The van der Waals surface area contributed by atoms with Crippen LogP contribution < -0.4 is 10.2 Å². The molecule has 0 amide bonds. The Morgan fingerprint density at radius 2 is 2.29 bits per heavy atom. The topological polar surface area (TPSA) is 37.4 Å². The van der Waals surface area contributed by atoms with Gasteiger partial charge in [0.25, 0.3) is 0 Å². The maximum Gasteiger partial charge on any atom is 0.185 e. The zero-order valence-corrected chi connectivity index (χ0v) is 14.6. The third kappa shape index (κ3) is 4.94. The zero-order chi connectivity index (χ0) is 15.2. The molecule has 120 valence electrons. The largest absolute Gasteiger partial charge is 0.377 e. The minimum absolute atomic E-state index is 0.295. The van der Waals surface area contributed by atoms with Gasteiger partial charge >= 0.3 is 0 Å². The highest BCUT2D eigenvalue weighted by atomic mass is 32.1. The lowest BCUT2D eigenvalue weighted by atomic mass is 10.2. The lowest BCUT2D eigenvalue weighted by Gasteiger charge is -2.20. The fraction of sp³-hybridized carbons (Fsp3) is 0.812. The van der Waals surface area contributed by atoms with Gasteiger partial charge in [-0.2, -0.15) is 0 Å². The molecule has 1 atom stereocenters. The van der Waals surface area contributed by atoms with E-state index in [0.29, 0.717) is 12.0 Å². The molecule has 0 aliphatic carbocycles. The van der Waals surface area contributed by atoms with Crippen LogP contribution in [0.3, 0.4) is 0 Å². The van der Waals surface area contributed by atoms with Crippen LogP contribution in [0.5, 0.6) is 0 Å². The Morgan fingerprint density at radius 1 is 1.48 bits per heavy atom. The minimum Gasteiger partial charge on any atom is -0.377 e. The molecule has 1 N–H and O–H groups in total. The number of hydrogen-bond donors (Lipinski definition) is 1. The van der Waals surface area contributed by atoms with E-state index in [9.17, 15) is 0 Å². The smallest absolute Gasteiger partial charge is 0.185 e. The molecule has 0 bridgehead atoms. The molecule has 1 aliphatic heterocycles. The Morgan fingerprint density at radius 3 is 3.00 bits per heavy atom. The molecule has 5 heteroatoms. The summed E-state index contributed by atoms with van der Waals surface area (Å²) in [7, 11) is 0. The van der Waals surface area contributed by atoms with Crippen LogP contribution in [0.15, 0.2) is 0 Å². The predicted octanol–water partition coefficient (Wildman–Crippen LogP) is 3.07. The number of anilines is 1. The van der Waals surface area contributed by atoms with E-state index in [1.165, 1.54) is 15.7 Å². The number of ether oxygens (including phenoxy) is 1. The zero-order valence-electron chi connectivity index (χ0n) is 13.8. The van der Waals surface area contributed by atoms with Crippen LogP contribution >= 0.6 is 11.3 Å². The van der Waals surface area contributed by atoms with Crippen LogP contribution in [-0.2, 0) is 17.7 Å². The van der Waals surface area contributed by atoms with Crippen molar-refractivity contribution in [2.24, 2.45) is 5.92 Å². The molecular weight excluding hydrogens is 282 g/mol. The van der Waals surface area contributed by atoms with Gasteiger partial charge in [-0.25, -0.2) is 4.98 Å². The number of aryl methyl sites for hydroxylation is 1. The molecule has 1 aliphatic rings. The quantitative estimate of drug-likeness (QED) is 0.876. The van der Waals surface area contributed by atoms with E-state index in [2.05, 4.69) is 37.9 Å².